The molecule has 9 heteroatoms. The Kier molecular flexibility index (Phi) is 6.80. The van der Waals surface area contributed by atoms with E-state index in [-0.39, 0.29) is 17.6 Å². The van der Waals surface area contributed by atoms with Gasteiger partial charge in [0.15, 0.2) is 0 Å². The Bertz CT molecular complexity index is 1270. The molecule has 170 valence electrons. The SMILES string of the molecule is CC(NC[C@@H]1CCCCN1S(=O)(=O)c1ccc(Br)cc1)c1nc2ccccc2c(=O)n1C. The highest BCUT2D eigenvalue weighted by molar-refractivity contribution is 9.10. The molecular formula is C23H27BrN4O3S. The second-order valence-corrected chi connectivity index (χ2v) is 11.0. The molecule has 0 bridgehead atoms. The summed E-state index contributed by atoms with van der Waals surface area (Å²) in [6.45, 7) is 2.94. The van der Waals surface area contributed by atoms with Gasteiger partial charge in [-0.25, -0.2) is 13.4 Å². The van der Waals surface area contributed by atoms with E-state index in [0.717, 1.165) is 23.7 Å². The van der Waals surface area contributed by atoms with Gasteiger partial charge in [-0.15, -0.1) is 0 Å². The van der Waals surface area contributed by atoms with Crippen LogP contribution >= 0.6 is 15.9 Å². The van der Waals surface area contributed by atoms with Gasteiger partial charge in [-0.1, -0.05) is 34.5 Å². The summed E-state index contributed by atoms with van der Waals surface area (Å²) in [4.78, 5) is 17.7. The molecule has 3 aromatic rings. The number of benzene rings is 2. The van der Waals surface area contributed by atoms with Crippen molar-refractivity contribution in [1.29, 1.82) is 0 Å². The standard InChI is InChI=1S/C23H27BrN4O3S/c1-16(22-26-21-9-4-3-8-20(21)23(29)27(22)2)25-15-18-7-5-6-14-28(18)32(30,31)19-12-10-17(24)11-13-19/h3-4,8-13,16,18,25H,5-7,14-15H2,1-2H3/t16?,18-/m0/s1. The van der Waals surface area contributed by atoms with Crippen LogP contribution in [-0.4, -0.2) is 41.4 Å². The molecular weight excluding hydrogens is 492 g/mol. The molecule has 0 aliphatic carbocycles. The van der Waals surface area contributed by atoms with E-state index < -0.39 is 10.0 Å². The van der Waals surface area contributed by atoms with Crippen molar-refractivity contribution in [3.05, 3.63) is 69.2 Å². The number of rotatable bonds is 6. The summed E-state index contributed by atoms with van der Waals surface area (Å²) >= 11 is 3.36. The molecule has 0 saturated carbocycles. The van der Waals surface area contributed by atoms with Crippen molar-refractivity contribution in [2.75, 3.05) is 13.1 Å². The number of fused-ring (bicyclic) bond motifs is 1. The summed E-state index contributed by atoms with van der Waals surface area (Å²) in [5.41, 5.74) is 0.577. The molecule has 1 aliphatic rings. The van der Waals surface area contributed by atoms with E-state index in [0.29, 0.717) is 34.7 Å². The maximum absolute atomic E-state index is 13.3. The maximum atomic E-state index is 13.3. The topological polar surface area (TPSA) is 84.3 Å². The van der Waals surface area contributed by atoms with Crippen molar-refractivity contribution in [2.45, 2.75) is 43.2 Å². The van der Waals surface area contributed by atoms with Crippen LogP contribution in [0.1, 0.15) is 38.1 Å². The molecule has 1 unspecified atom stereocenters. The van der Waals surface area contributed by atoms with Crippen LogP contribution in [0.4, 0.5) is 0 Å². The number of aromatic nitrogens is 2. The number of hydrogen-bond donors (Lipinski definition) is 1. The Morgan fingerprint density at radius 1 is 1.16 bits per heavy atom. The first kappa shape index (κ1) is 23.1. The minimum Gasteiger partial charge on any atom is -0.306 e. The molecule has 1 aromatic heterocycles. The highest BCUT2D eigenvalue weighted by Crippen LogP contribution is 2.26. The van der Waals surface area contributed by atoms with Crippen LogP contribution in [0.5, 0.6) is 0 Å². The molecule has 7 nitrogen and oxygen atoms in total. The lowest BCUT2D eigenvalue weighted by atomic mass is 10.0. The quantitative estimate of drug-likeness (QED) is 0.538. The Morgan fingerprint density at radius 2 is 1.88 bits per heavy atom. The maximum Gasteiger partial charge on any atom is 0.261 e. The molecule has 0 spiro atoms. The van der Waals surface area contributed by atoms with Gasteiger partial charge in [0.1, 0.15) is 5.82 Å². The molecule has 1 fully saturated rings. The summed E-state index contributed by atoms with van der Waals surface area (Å²) in [5.74, 6) is 0.631. The summed E-state index contributed by atoms with van der Waals surface area (Å²) < 4.78 is 30.6. The third kappa shape index (κ3) is 4.52. The predicted molar refractivity (Wildman–Crippen MR) is 129 cm³/mol. The number of piperidine rings is 1. The third-order valence-corrected chi connectivity index (χ3v) is 8.55. The van der Waals surface area contributed by atoms with Crippen molar-refractivity contribution in [3.63, 3.8) is 0 Å². The average molecular weight is 519 g/mol. The van der Waals surface area contributed by atoms with Gasteiger partial charge in [0.05, 0.1) is 21.8 Å². The molecule has 32 heavy (non-hydrogen) atoms. The number of nitrogens with zero attached hydrogens (tertiary/aromatic N) is 3. The van der Waals surface area contributed by atoms with Crippen LogP contribution in [0.15, 0.2) is 62.7 Å². The van der Waals surface area contributed by atoms with E-state index in [1.807, 2.05) is 25.1 Å². The van der Waals surface area contributed by atoms with Crippen LogP contribution in [0.25, 0.3) is 10.9 Å². The minimum atomic E-state index is -3.58. The second kappa shape index (κ2) is 9.43. The van der Waals surface area contributed by atoms with Gasteiger partial charge in [-0.3, -0.25) is 9.36 Å². The Balaban J connectivity index is 1.54. The Labute approximate surface area is 196 Å². The highest BCUT2D eigenvalue weighted by atomic mass is 79.9. The Hall–Kier alpha value is -2.07. The van der Waals surface area contributed by atoms with Gasteiger partial charge in [0, 0.05) is 30.7 Å². The molecule has 2 heterocycles. The number of nitrogens with one attached hydrogen (secondary N) is 1. The first-order chi connectivity index (χ1) is 15.3. The lowest BCUT2D eigenvalue weighted by Gasteiger charge is -2.35. The van der Waals surface area contributed by atoms with Crippen molar-refractivity contribution >= 4 is 36.9 Å². The van der Waals surface area contributed by atoms with Gasteiger partial charge >= 0.3 is 0 Å². The summed E-state index contributed by atoms with van der Waals surface area (Å²) in [6, 6.07) is 13.7. The summed E-state index contributed by atoms with van der Waals surface area (Å²) in [7, 11) is -1.86. The number of para-hydroxylation sites is 1. The van der Waals surface area contributed by atoms with E-state index >= 15 is 0 Å². The van der Waals surface area contributed by atoms with Crippen LogP contribution < -0.4 is 10.9 Å². The van der Waals surface area contributed by atoms with Crippen LogP contribution in [0.2, 0.25) is 0 Å². The van der Waals surface area contributed by atoms with Gasteiger partial charge in [0.25, 0.3) is 5.56 Å². The normalized spacial score (nSPS) is 18.7. The second-order valence-electron chi connectivity index (χ2n) is 8.20. The van der Waals surface area contributed by atoms with Crippen molar-refractivity contribution in [1.82, 2.24) is 19.2 Å². The number of halogens is 1. The first-order valence-corrected chi connectivity index (χ1v) is 13.0. The van der Waals surface area contributed by atoms with E-state index in [4.69, 9.17) is 0 Å². The van der Waals surface area contributed by atoms with Gasteiger partial charge in [-0.05, 0) is 56.2 Å². The molecule has 1 N–H and O–H groups in total. The van der Waals surface area contributed by atoms with Gasteiger partial charge < -0.3 is 5.32 Å². The zero-order valence-electron chi connectivity index (χ0n) is 18.2. The first-order valence-electron chi connectivity index (χ1n) is 10.8. The molecule has 0 amide bonds. The van der Waals surface area contributed by atoms with Gasteiger partial charge in [0.2, 0.25) is 10.0 Å². The molecule has 2 aromatic carbocycles. The fourth-order valence-corrected chi connectivity index (χ4v) is 6.22. The zero-order valence-corrected chi connectivity index (χ0v) is 20.6. The van der Waals surface area contributed by atoms with E-state index in [1.54, 1.807) is 46.3 Å². The summed E-state index contributed by atoms with van der Waals surface area (Å²) in [5, 5.41) is 4.02. The van der Waals surface area contributed by atoms with Gasteiger partial charge in [-0.2, -0.15) is 4.31 Å². The lowest BCUT2D eigenvalue weighted by molar-refractivity contribution is 0.240. The van der Waals surface area contributed by atoms with Crippen LogP contribution in [0, 0.1) is 0 Å². The molecule has 1 saturated heterocycles. The molecule has 1 aliphatic heterocycles. The lowest BCUT2D eigenvalue weighted by Crippen LogP contribution is -2.49. The van der Waals surface area contributed by atoms with Crippen molar-refractivity contribution < 1.29 is 8.42 Å². The average Bonchev–Trinajstić information content (AvgIpc) is 2.80. The monoisotopic (exact) mass is 518 g/mol. The van der Waals surface area contributed by atoms with Crippen molar-refractivity contribution in [2.24, 2.45) is 7.05 Å². The Morgan fingerprint density at radius 3 is 2.62 bits per heavy atom. The molecule has 0 radical (unpaired) electrons. The van der Waals surface area contributed by atoms with Crippen LogP contribution in [0.3, 0.4) is 0 Å². The smallest absolute Gasteiger partial charge is 0.261 e. The van der Waals surface area contributed by atoms with E-state index in [2.05, 4.69) is 26.2 Å². The largest absolute Gasteiger partial charge is 0.306 e. The van der Waals surface area contributed by atoms with Crippen LogP contribution in [-0.2, 0) is 17.1 Å². The van der Waals surface area contributed by atoms with E-state index in [9.17, 15) is 13.2 Å². The minimum absolute atomic E-state index is 0.0867. The van der Waals surface area contributed by atoms with E-state index in [1.165, 1.54) is 0 Å². The highest BCUT2D eigenvalue weighted by Gasteiger charge is 2.33. The molecule has 2 atom stereocenters. The summed E-state index contributed by atoms with van der Waals surface area (Å²) in [6.07, 6.45) is 2.63. The number of hydrogen-bond acceptors (Lipinski definition) is 5. The predicted octanol–water partition coefficient (Wildman–Crippen LogP) is 3.59. The third-order valence-electron chi connectivity index (χ3n) is 6.06. The number of sulfonamides is 1. The van der Waals surface area contributed by atoms with Crippen molar-refractivity contribution in [3.8, 4) is 0 Å². The fourth-order valence-electron chi connectivity index (χ4n) is 4.26. The fraction of sp³-hybridized carbons (Fsp3) is 0.391. The molecule has 4 rings (SSSR count). The zero-order chi connectivity index (χ0) is 22.9.